The van der Waals surface area contributed by atoms with E-state index in [4.69, 9.17) is 15.0 Å². The highest BCUT2D eigenvalue weighted by atomic mass is 15.2. The molecule has 0 atom stereocenters. The number of fused-ring (bicyclic) bond motifs is 13. The van der Waals surface area contributed by atoms with Gasteiger partial charge in [0.2, 0.25) is 5.95 Å². The van der Waals surface area contributed by atoms with Gasteiger partial charge in [-0.15, -0.1) is 0 Å². The van der Waals surface area contributed by atoms with Gasteiger partial charge in [0.25, 0.3) is 0 Å². The summed E-state index contributed by atoms with van der Waals surface area (Å²) >= 11 is 0. The van der Waals surface area contributed by atoms with Gasteiger partial charge in [0.1, 0.15) is 0 Å². The van der Waals surface area contributed by atoms with Gasteiger partial charge in [-0.25, -0.2) is 9.97 Å². The van der Waals surface area contributed by atoms with Gasteiger partial charge in [0.15, 0.2) is 5.65 Å². The van der Waals surface area contributed by atoms with Crippen molar-refractivity contribution in [1.29, 1.82) is 5.26 Å². The highest BCUT2D eigenvalue weighted by Crippen LogP contribution is 2.47. The molecule has 6 nitrogen and oxygen atoms in total. The van der Waals surface area contributed by atoms with E-state index in [9.17, 15) is 5.26 Å². The first kappa shape index (κ1) is 25.4. The number of hydrogen-bond donors (Lipinski definition) is 0. The van der Waals surface area contributed by atoms with Gasteiger partial charge >= 0.3 is 0 Å². The molecule has 0 saturated heterocycles. The van der Waals surface area contributed by atoms with E-state index in [1.165, 1.54) is 54.3 Å². The van der Waals surface area contributed by atoms with Crippen LogP contribution < -0.4 is 0 Å². The average molecular weight is 611 g/mol. The summed E-state index contributed by atoms with van der Waals surface area (Å²) in [5.74, 6) is 0.538. The summed E-state index contributed by atoms with van der Waals surface area (Å²) in [6.07, 6.45) is 1.77. The standard InChI is InChI=1S/C42H22N6/c43-23-24-9-7-11-26(21-24)38-30-15-8-20-44-41(30)46-42(45-38)48-35-19-18-25-10-1-2-12-27(25)36(35)32-22-31-28-13-3-5-16-33(28)47-34-17-6-4-14-29(34)37(39(31)47)40(32)48/h1-22H. The number of nitriles is 1. The van der Waals surface area contributed by atoms with E-state index in [2.05, 4.69) is 106 Å². The zero-order valence-electron chi connectivity index (χ0n) is 25.4. The van der Waals surface area contributed by atoms with E-state index in [0.29, 0.717) is 17.2 Å². The molecule has 220 valence electrons. The molecule has 5 heterocycles. The third-order valence-corrected chi connectivity index (χ3v) is 9.91. The summed E-state index contributed by atoms with van der Waals surface area (Å²) in [6, 6.07) is 46.5. The summed E-state index contributed by atoms with van der Waals surface area (Å²) in [5, 5.41) is 20.1. The van der Waals surface area contributed by atoms with Crippen molar-refractivity contribution in [3.05, 3.63) is 139 Å². The molecule has 0 spiro atoms. The Bertz CT molecular complexity index is 3200. The molecule has 0 N–H and O–H groups in total. The lowest BCUT2D eigenvalue weighted by Gasteiger charge is -2.12. The molecule has 6 heteroatoms. The minimum absolute atomic E-state index is 0.538. The van der Waals surface area contributed by atoms with Crippen LogP contribution in [0, 0.1) is 11.3 Å². The molecular formula is C42H22N6. The van der Waals surface area contributed by atoms with Crippen LogP contribution in [-0.4, -0.2) is 23.9 Å². The lowest BCUT2D eigenvalue weighted by molar-refractivity contribution is 1.01. The molecule has 0 bridgehead atoms. The predicted molar refractivity (Wildman–Crippen MR) is 194 cm³/mol. The summed E-state index contributed by atoms with van der Waals surface area (Å²) in [6.45, 7) is 0. The van der Waals surface area contributed by atoms with Crippen LogP contribution in [0.15, 0.2) is 134 Å². The van der Waals surface area contributed by atoms with Crippen LogP contribution in [0.25, 0.3) is 98.9 Å². The summed E-state index contributed by atoms with van der Waals surface area (Å²) in [4.78, 5) is 15.2. The van der Waals surface area contributed by atoms with Crippen molar-refractivity contribution in [2.75, 3.05) is 0 Å². The monoisotopic (exact) mass is 610 g/mol. The quantitative estimate of drug-likeness (QED) is 0.195. The molecule has 0 saturated carbocycles. The number of para-hydroxylation sites is 2. The first-order valence-corrected chi connectivity index (χ1v) is 15.9. The van der Waals surface area contributed by atoms with Gasteiger partial charge in [-0.05, 0) is 59.3 Å². The van der Waals surface area contributed by atoms with Crippen LogP contribution in [0.2, 0.25) is 0 Å². The van der Waals surface area contributed by atoms with E-state index in [1.54, 1.807) is 6.20 Å². The largest absolute Gasteiger partial charge is 0.308 e. The van der Waals surface area contributed by atoms with Gasteiger partial charge in [-0.2, -0.15) is 10.2 Å². The summed E-state index contributed by atoms with van der Waals surface area (Å²) < 4.78 is 4.65. The van der Waals surface area contributed by atoms with Crippen molar-refractivity contribution >= 4 is 81.7 Å². The maximum absolute atomic E-state index is 9.73. The Morgan fingerprint density at radius 1 is 0.542 bits per heavy atom. The van der Waals surface area contributed by atoms with Crippen molar-refractivity contribution < 1.29 is 0 Å². The van der Waals surface area contributed by atoms with Crippen LogP contribution in [0.3, 0.4) is 0 Å². The Morgan fingerprint density at radius 2 is 1.31 bits per heavy atom. The smallest absolute Gasteiger partial charge is 0.237 e. The van der Waals surface area contributed by atoms with Crippen molar-refractivity contribution in [1.82, 2.24) is 23.9 Å². The fourth-order valence-corrected chi connectivity index (χ4v) is 7.99. The maximum Gasteiger partial charge on any atom is 0.237 e. The molecule has 0 aliphatic heterocycles. The molecule has 0 fully saturated rings. The average Bonchev–Trinajstić information content (AvgIpc) is 3.79. The Hall–Kier alpha value is -6.84. The predicted octanol–water partition coefficient (Wildman–Crippen LogP) is 9.96. The van der Waals surface area contributed by atoms with Gasteiger partial charge < -0.3 is 4.40 Å². The summed E-state index contributed by atoms with van der Waals surface area (Å²) in [5.41, 5.74) is 8.41. The first-order valence-electron chi connectivity index (χ1n) is 15.9. The molecule has 6 aromatic carbocycles. The molecule has 11 aromatic rings. The topological polar surface area (TPSA) is 71.8 Å². The molecule has 5 aromatic heterocycles. The second-order valence-corrected chi connectivity index (χ2v) is 12.4. The maximum atomic E-state index is 9.73. The number of benzene rings is 6. The third-order valence-electron chi connectivity index (χ3n) is 9.91. The SMILES string of the molecule is N#Cc1cccc(-c2nc(-n3c4ccc5ccccc5c4c4cc5c6ccccc6n6c7ccccc7c(c43)c56)nc3ncccc23)c1. The van der Waals surface area contributed by atoms with E-state index >= 15 is 0 Å². The van der Waals surface area contributed by atoms with E-state index in [-0.39, 0.29) is 0 Å². The zero-order valence-corrected chi connectivity index (χ0v) is 25.4. The van der Waals surface area contributed by atoms with Crippen LogP contribution in [0.5, 0.6) is 0 Å². The second-order valence-electron chi connectivity index (χ2n) is 12.4. The molecule has 0 amide bonds. The number of nitrogens with zero attached hydrogens (tertiary/aromatic N) is 6. The lowest BCUT2D eigenvalue weighted by Crippen LogP contribution is -2.04. The van der Waals surface area contributed by atoms with E-state index < -0.39 is 0 Å². The Labute approximate surface area is 272 Å². The normalized spacial score (nSPS) is 12.1. The lowest BCUT2D eigenvalue weighted by atomic mass is 10.0. The molecule has 48 heavy (non-hydrogen) atoms. The number of aromatic nitrogens is 5. The molecule has 0 aliphatic rings. The second kappa shape index (κ2) is 9.12. The van der Waals surface area contributed by atoms with Crippen LogP contribution in [0.1, 0.15) is 5.56 Å². The van der Waals surface area contributed by atoms with Crippen molar-refractivity contribution in [3.8, 4) is 23.3 Å². The number of hydrogen-bond acceptors (Lipinski definition) is 4. The minimum Gasteiger partial charge on any atom is -0.308 e. The zero-order chi connectivity index (χ0) is 31.5. The van der Waals surface area contributed by atoms with Gasteiger partial charge in [-0.1, -0.05) is 78.9 Å². The molecular weight excluding hydrogens is 589 g/mol. The van der Waals surface area contributed by atoms with Crippen molar-refractivity contribution in [3.63, 3.8) is 0 Å². The third kappa shape index (κ3) is 3.17. The minimum atomic E-state index is 0.538. The molecule has 0 aliphatic carbocycles. The van der Waals surface area contributed by atoms with Crippen LogP contribution in [0.4, 0.5) is 0 Å². The Morgan fingerprint density at radius 3 is 2.19 bits per heavy atom. The molecule has 0 unspecified atom stereocenters. The molecule has 0 radical (unpaired) electrons. The van der Waals surface area contributed by atoms with Crippen molar-refractivity contribution in [2.45, 2.75) is 0 Å². The van der Waals surface area contributed by atoms with Crippen LogP contribution >= 0.6 is 0 Å². The van der Waals surface area contributed by atoms with Crippen LogP contribution in [-0.2, 0) is 0 Å². The Kier molecular flexibility index (Phi) is 4.82. The highest BCUT2D eigenvalue weighted by Gasteiger charge is 2.26. The summed E-state index contributed by atoms with van der Waals surface area (Å²) in [7, 11) is 0. The first-order chi connectivity index (χ1) is 23.8. The highest BCUT2D eigenvalue weighted by molar-refractivity contribution is 6.36. The van der Waals surface area contributed by atoms with E-state index in [0.717, 1.165) is 33.1 Å². The molecule has 11 rings (SSSR count). The number of pyridine rings is 1. The van der Waals surface area contributed by atoms with E-state index in [1.807, 2.05) is 36.4 Å². The number of rotatable bonds is 2. The van der Waals surface area contributed by atoms with Gasteiger partial charge in [0.05, 0.1) is 44.9 Å². The van der Waals surface area contributed by atoms with Gasteiger partial charge in [0, 0.05) is 49.5 Å². The Balaban J connectivity index is 1.41. The fraction of sp³-hybridized carbons (Fsp3) is 0. The fourth-order valence-electron chi connectivity index (χ4n) is 7.99. The van der Waals surface area contributed by atoms with Gasteiger partial charge in [-0.3, -0.25) is 4.57 Å². The van der Waals surface area contributed by atoms with Crippen molar-refractivity contribution in [2.24, 2.45) is 0 Å².